The summed E-state index contributed by atoms with van der Waals surface area (Å²) in [6.07, 6.45) is 2.45. The monoisotopic (exact) mass is 423 g/mol. The summed E-state index contributed by atoms with van der Waals surface area (Å²) < 4.78 is 30.3. The number of carbonyl (C=O) groups is 3. The zero-order valence-corrected chi connectivity index (χ0v) is 17.0. The number of rotatable bonds is 5. The molecule has 2 aliphatic rings. The van der Waals surface area contributed by atoms with Gasteiger partial charge in [-0.1, -0.05) is 0 Å². The highest BCUT2D eigenvalue weighted by Crippen LogP contribution is 2.21. The molecule has 158 valence electrons. The first kappa shape index (κ1) is 21.3. The highest BCUT2D eigenvalue weighted by molar-refractivity contribution is 7.91. The zero-order valence-electron chi connectivity index (χ0n) is 16.2. The van der Waals surface area contributed by atoms with Gasteiger partial charge in [0.2, 0.25) is 5.91 Å². The Kier molecular flexibility index (Phi) is 6.53. The van der Waals surface area contributed by atoms with Crippen molar-refractivity contribution in [2.45, 2.75) is 42.7 Å². The van der Waals surface area contributed by atoms with E-state index in [2.05, 4.69) is 10.6 Å². The van der Waals surface area contributed by atoms with Gasteiger partial charge in [0.1, 0.15) is 6.04 Å². The summed E-state index contributed by atoms with van der Waals surface area (Å²) in [4.78, 5) is 38.0. The molecule has 0 radical (unpaired) electrons. The van der Waals surface area contributed by atoms with Crippen LogP contribution in [0.4, 0.5) is 5.69 Å². The Morgan fingerprint density at radius 1 is 1.14 bits per heavy atom. The fourth-order valence-corrected chi connectivity index (χ4v) is 5.12. The Morgan fingerprint density at radius 3 is 2.48 bits per heavy atom. The maximum Gasteiger partial charge on any atom is 0.313 e. The van der Waals surface area contributed by atoms with Crippen molar-refractivity contribution in [1.29, 1.82) is 0 Å². The normalized spacial score (nSPS) is 21.8. The maximum absolute atomic E-state index is 12.5. The Morgan fingerprint density at radius 2 is 1.86 bits per heavy atom. The molecule has 10 heteroatoms. The van der Waals surface area contributed by atoms with E-state index in [0.717, 1.165) is 12.8 Å². The SMILES string of the molecule is CNC(=O)[C@@H]1CCCN1C(=O)C(=O)Nc1ccc(S(=O)(=O)C[C@@H]2CCCO2)cc1. The zero-order chi connectivity index (χ0) is 21.0. The Balaban J connectivity index is 1.62. The van der Waals surface area contributed by atoms with Crippen molar-refractivity contribution < 1.29 is 27.5 Å². The lowest BCUT2D eigenvalue weighted by molar-refractivity contribution is -0.146. The third kappa shape index (κ3) is 4.94. The average molecular weight is 423 g/mol. The molecule has 3 rings (SSSR count). The molecule has 29 heavy (non-hydrogen) atoms. The van der Waals surface area contributed by atoms with Gasteiger partial charge in [-0.3, -0.25) is 14.4 Å². The molecule has 0 saturated carbocycles. The third-order valence-electron chi connectivity index (χ3n) is 5.16. The second-order valence-electron chi connectivity index (χ2n) is 7.17. The van der Waals surface area contributed by atoms with Crippen LogP contribution < -0.4 is 10.6 Å². The second kappa shape index (κ2) is 8.91. The van der Waals surface area contributed by atoms with Crippen LogP contribution in [0.25, 0.3) is 0 Å². The number of sulfone groups is 1. The van der Waals surface area contributed by atoms with Gasteiger partial charge in [0, 0.05) is 25.9 Å². The molecule has 0 aromatic heterocycles. The van der Waals surface area contributed by atoms with Gasteiger partial charge in [0.25, 0.3) is 0 Å². The molecular weight excluding hydrogens is 398 g/mol. The molecule has 9 nitrogen and oxygen atoms in total. The summed E-state index contributed by atoms with van der Waals surface area (Å²) in [5, 5.41) is 4.96. The molecule has 0 bridgehead atoms. The van der Waals surface area contributed by atoms with Crippen molar-refractivity contribution in [2.75, 3.05) is 31.3 Å². The van der Waals surface area contributed by atoms with Gasteiger partial charge >= 0.3 is 11.8 Å². The molecule has 2 heterocycles. The van der Waals surface area contributed by atoms with Gasteiger partial charge in [-0.2, -0.15) is 0 Å². The van der Waals surface area contributed by atoms with Crippen LogP contribution in [0.1, 0.15) is 25.7 Å². The highest BCUT2D eigenvalue weighted by Gasteiger charge is 2.36. The lowest BCUT2D eigenvalue weighted by Gasteiger charge is -2.22. The van der Waals surface area contributed by atoms with Gasteiger partial charge < -0.3 is 20.3 Å². The second-order valence-corrected chi connectivity index (χ2v) is 9.20. The minimum atomic E-state index is -3.50. The van der Waals surface area contributed by atoms with Crippen LogP contribution in [0.2, 0.25) is 0 Å². The van der Waals surface area contributed by atoms with E-state index >= 15 is 0 Å². The molecule has 3 amide bonds. The van der Waals surface area contributed by atoms with Gasteiger partial charge in [-0.15, -0.1) is 0 Å². The molecule has 2 fully saturated rings. The fraction of sp³-hybridized carbons (Fsp3) is 0.526. The van der Waals surface area contributed by atoms with Crippen molar-refractivity contribution in [3.8, 4) is 0 Å². The lowest BCUT2D eigenvalue weighted by Crippen LogP contribution is -2.48. The van der Waals surface area contributed by atoms with Crippen molar-refractivity contribution in [2.24, 2.45) is 0 Å². The van der Waals surface area contributed by atoms with E-state index in [0.29, 0.717) is 31.7 Å². The minimum Gasteiger partial charge on any atom is -0.377 e. The number of likely N-dealkylation sites (N-methyl/N-ethyl adjacent to an activating group) is 1. The van der Waals surface area contributed by atoms with Crippen molar-refractivity contribution in [3.05, 3.63) is 24.3 Å². The first-order valence-corrected chi connectivity index (χ1v) is 11.2. The van der Waals surface area contributed by atoms with Crippen LogP contribution in [0.15, 0.2) is 29.2 Å². The summed E-state index contributed by atoms with van der Waals surface area (Å²) in [5.74, 6) is -2.03. The fourth-order valence-electron chi connectivity index (χ4n) is 3.63. The van der Waals surface area contributed by atoms with E-state index in [1.165, 1.54) is 36.2 Å². The summed E-state index contributed by atoms with van der Waals surface area (Å²) in [6, 6.07) is 5.02. The summed E-state index contributed by atoms with van der Waals surface area (Å²) in [6.45, 7) is 0.918. The lowest BCUT2D eigenvalue weighted by atomic mass is 10.2. The number of hydrogen-bond donors (Lipinski definition) is 2. The van der Waals surface area contributed by atoms with Crippen LogP contribution in [-0.2, 0) is 29.0 Å². The number of carbonyl (C=O) groups excluding carboxylic acids is 3. The highest BCUT2D eigenvalue weighted by atomic mass is 32.2. The predicted octanol–water partition coefficient (Wildman–Crippen LogP) is 0.315. The quantitative estimate of drug-likeness (QED) is 0.658. The average Bonchev–Trinajstić information content (AvgIpc) is 3.38. The number of nitrogens with zero attached hydrogens (tertiary/aromatic N) is 1. The van der Waals surface area contributed by atoms with E-state index in [-0.39, 0.29) is 22.7 Å². The first-order valence-electron chi connectivity index (χ1n) is 9.60. The summed E-state index contributed by atoms with van der Waals surface area (Å²) in [7, 11) is -2.01. The van der Waals surface area contributed by atoms with Crippen LogP contribution in [0.3, 0.4) is 0 Å². The molecule has 2 saturated heterocycles. The topological polar surface area (TPSA) is 122 Å². The first-order chi connectivity index (χ1) is 13.8. The molecule has 0 aliphatic carbocycles. The van der Waals surface area contributed by atoms with Crippen LogP contribution >= 0.6 is 0 Å². The van der Waals surface area contributed by atoms with Crippen molar-refractivity contribution in [1.82, 2.24) is 10.2 Å². The molecule has 2 N–H and O–H groups in total. The number of nitrogens with one attached hydrogen (secondary N) is 2. The van der Waals surface area contributed by atoms with Crippen LogP contribution in [-0.4, -0.2) is 69.1 Å². The molecule has 2 atom stereocenters. The van der Waals surface area contributed by atoms with Crippen molar-refractivity contribution >= 4 is 33.2 Å². The number of benzene rings is 1. The smallest absolute Gasteiger partial charge is 0.313 e. The minimum absolute atomic E-state index is 0.0764. The molecule has 1 aromatic carbocycles. The van der Waals surface area contributed by atoms with Gasteiger partial charge in [0.05, 0.1) is 16.8 Å². The Labute approximate surface area is 169 Å². The van der Waals surface area contributed by atoms with Gasteiger partial charge in [-0.05, 0) is 49.9 Å². The molecular formula is C19H25N3O6S. The van der Waals surface area contributed by atoms with E-state index < -0.39 is 27.7 Å². The number of hydrogen-bond acceptors (Lipinski definition) is 6. The Hall–Kier alpha value is -2.46. The molecule has 0 spiro atoms. The maximum atomic E-state index is 12.5. The van der Waals surface area contributed by atoms with E-state index in [1.54, 1.807) is 0 Å². The number of anilines is 1. The summed E-state index contributed by atoms with van der Waals surface area (Å²) in [5.41, 5.74) is 0.301. The number of ether oxygens (including phenoxy) is 1. The third-order valence-corrected chi connectivity index (χ3v) is 6.96. The predicted molar refractivity (Wildman–Crippen MR) is 105 cm³/mol. The Bertz CT molecular complexity index is 878. The van der Waals surface area contributed by atoms with Gasteiger partial charge in [-0.25, -0.2) is 8.42 Å². The number of amides is 3. The molecule has 2 aliphatic heterocycles. The largest absolute Gasteiger partial charge is 0.377 e. The standard InChI is InChI=1S/C19H25N3O6S/c1-20-17(23)16-5-2-10-22(16)19(25)18(24)21-13-6-8-15(9-7-13)29(26,27)12-14-4-3-11-28-14/h6-9,14,16H,2-5,10-12H2,1H3,(H,20,23)(H,21,24)/t14-,16-/m0/s1. The summed E-state index contributed by atoms with van der Waals surface area (Å²) >= 11 is 0. The van der Waals surface area contributed by atoms with Crippen LogP contribution in [0, 0.1) is 0 Å². The van der Waals surface area contributed by atoms with Crippen molar-refractivity contribution in [3.63, 3.8) is 0 Å². The van der Waals surface area contributed by atoms with Crippen LogP contribution in [0.5, 0.6) is 0 Å². The number of likely N-dealkylation sites (tertiary alicyclic amines) is 1. The molecule has 0 unspecified atom stereocenters. The van der Waals surface area contributed by atoms with E-state index in [9.17, 15) is 22.8 Å². The van der Waals surface area contributed by atoms with E-state index in [4.69, 9.17) is 4.74 Å². The van der Waals surface area contributed by atoms with Gasteiger partial charge in [0.15, 0.2) is 9.84 Å². The van der Waals surface area contributed by atoms with E-state index in [1.807, 2.05) is 0 Å². The molecule has 1 aromatic rings.